The average molecular weight is 488 g/mol. The summed E-state index contributed by atoms with van der Waals surface area (Å²) in [5, 5.41) is 11.0. The fraction of sp³-hybridized carbons (Fsp3) is 0.370. The van der Waals surface area contributed by atoms with E-state index in [1.165, 1.54) is 18.2 Å². The van der Waals surface area contributed by atoms with Crippen LogP contribution in [0.15, 0.2) is 24.4 Å². The first-order chi connectivity index (χ1) is 17.3. The summed E-state index contributed by atoms with van der Waals surface area (Å²) < 4.78 is 10.1. The first-order valence-electron chi connectivity index (χ1n) is 12.2. The second-order valence-corrected chi connectivity index (χ2v) is 9.78. The van der Waals surface area contributed by atoms with Crippen LogP contribution in [-0.4, -0.2) is 52.0 Å². The number of fused-ring (bicyclic) bond motifs is 10. The van der Waals surface area contributed by atoms with Crippen LogP contribution in [0, 0.1) is 0 Å². The normalized spacial score (nSPS) is 14.2. The van der Waals surface area contributed by atoms with Gasteiger partial charge in [-0.05, 0) is 56.0 Å². The van der Waals surface area contributed by atoms with Crippen molar-refractivity contribution in [1.29, 1.82) is 0 Å². The van der Waals surface area contributed by atoms with Gasteiger partial charge in [-0.3, -0.25) is 19.1 Å². The van der Waals surface area contributed by atoms with Crippen LogP contribution in [0.3, 0.4) is 0 Å². The number of carbonyl (C=O) groups excluding carboxylic acids is 2. The van der Waals surface area contributed by atoms with E-state index in [0.29, 0.717) is 12.3 Å². The number of hydroxylamine groups is 2. The second kappa shape index (κ2) is 8.09. The van der Waals surface area contributed by atoms with Crippen molar-refractivity contribution in [2.24, 2.45) is 7.05 Å². The molecule has 0 saturated heterocycles. The van der Waals surface area contributed by atoms with E-state index in [1.54, 1.807) is 7.05 Å². The van der Waals surface area contributed by atoms with Gasteiger partial charge in [-0.2, -0.15) is 5.10 Å². The topological polar surface area (TPSA) is 90.6 Å². The molecule has 0 saturated carbocycles. The van der Waals surface area contributed by atoms with Crippen molar-refractivity contribution in [3.63, 3.8) is 0 Å². The van der Waals surface area contributed by atoms with Gasteiger partial charge in [-0.1, -0.05) is 0 Å². The molecule has 0 fully saturated rings. The predicted molar refractivity (Wildman–Crippen MR) is 136 cm³/mol. The molecule has 0 bridgehead atoms. The minimum absolute atomic E-state index is 0.0362. The number of rotatable bonds is 5. The highest BCUT2D eigenvalue weighted by Gasteiger charge is 2.35. The summed E-state index contributed by atoms with van der Waals surface area (Å²) in [5.74, 6) is 0.284. The van der Waals surface area contributed by atoms with E-state index in [0.717, 1.165) is 62.1 Å². The van der Waals surface area contributed by atoms with Gasteiger partial charge in [0.15, 0.2) is 6.61 Å². The fourth-order valence-electron chi connectivity index (χ4n) is 5.80. The lowest BCUT2D eigenvalue weighted by Crippen LogP contribution is -2.30. The highest BCUT2D eigenvalue weighted by Crippen LogP contribution is 2.47. The van der Waals surface area contributed by atoms with Crippen molar-refractivity contribution in [3.05, 3.63) is 46.8 Å². The van der Waals surface area contributed by atoms with Crippen molar-refractivity contribution in [1.82, 2.24) is 24.7 Å². The highest BCUT2D eigenvalue weighted by molar-refractivity contribution is 6.19. The molecule has 4 aromatic rings. The molecule has 2 aromatic carbocycles. The molecule has 2 aliphatic rings. The van der Waals surface area contributed by atoms with E-state index in [4.69, 9.17) is 9.57 Å². The maximum absolute atomic E-state index is 13.2. The molecule has 9 nitrogen and oxygen atoms in total. The first-order valence-corrected chi connectivity index (χ1v) is 12.2. The van der Waals surface area contributed by atoms with Crippen LogP contribution in [0.25, 0.3) is 32.9 Å². The third kappa shape index (κ3) is 3.15. The van der Waals surface area contributed by atoms with Crippen molar-refractivity contribution < 1.29 is 19.2 Å². The minimum Gasteiger partial charge on any atom is -0.484 e. The van der Waals surface area contributed by atoms with E-state index in [9.17, 15) is 9.59 Å². The Labute approximate surface area is 208 Å². The Bertz CT molecular complexity index is 1580. The van der Waals surface area contributed by atoms with Crippen LogP contribution in [0.5, 0.6) is 5.75 Å². The molecule has 186 valence electrons. The van der Waals surface area contributed by atoms with Gasteiger partial charge in [0, 0.05) is 60.3 Å². The molecular weight excluding hydrogens is 458 g/mol. The van der Waals surface area contributed by atoms with Gasteiger partial charge in [-0.15, -0.1) is 0 Å². The summed E-state index contributed by atoms with van der Waals surface area (Å²) >= 11 is 0. The van der Waals surface area contributed by atoms with Crippen LogP contribution in [0.4, 0.5) is 0 Å². The molecule has 1 aliphatic heterocycles. The SMILES string of the molecule is CON(C)C(=O)COc1ccc2c(c1)c1c3c(c4c(c1n2C(C)C)CCc1nn(C)cc1-4)C(=O)NC3. The van der Waals surface area contributed by atoms with Crippen LogP contribution in [-0.2, 0) is 36.1 Å². The summed E-state index contributed by atoms with van der Waals surface area (Å²) in [4.78, 5) is 30.3. The van der Waals surface area contributed by atoms with E-state index in [1.807, 2.05) is 30.1 Å². The molecule has 2 amide bonds. The lowest BCUT2D eigenvalue weighted by molar-refractivity contribution is -0.170. The number of hydrogen-bond donors (Lipinski definition) is 1. The summed E-state index contributed by atoms with van der Waals surface area (Å²) in [6.07, 6.45) is 3.69. The standard InChI is InChI=1S/C27H29N5O4/c1-14(2)32-21-9-6-15(36-13-22(33)31(4)35-5)10-17(21)24-18-11-28-27(34)25(18)23-16(26(24)32)7-8-20-19(23)12-30(3)29-20/h6,9-10,12,14H,7-8,11,13H2,1-5H3,(H,28,34). The number of nitrogens with zero attached hydrogens (tertiary/aromatic N) is 4. The zero-order chi connectivity index (χ0) is 25.3. The van der Waals surface area contributed by atoms with E-state index < -0.39 is 0 Å². The van der Waals surface area contributed by atoms with E-state index >= 15 is 0 Å². The molecule has 36 heavy (non-hydrogen) atoms. The summed E-state index contributed by atoms with van der Waals surface area (Å²) in [6.45, 7) is 4.72. The molecule has 3 heterocycles. The quantitative estimate of drug-likeness (QED) is 0.435. The number of carbonyl (C=O) groups is 2. The summed E-state index contributed by atoms with van der Waals surface area (Å²) in [7, 11) is 4.92. The largest absolute Gasteiger partial charge is 0.484 e. The molecule has 0 unspecified atom stereocenters. The monoisotopic (exact) mass is 487 g/mol. The number of benzene rings is 2. The zero-order valence-corrected chi connectivity index (χ0v) is 21.1. The first kappa shape index (κ1) is 22.6. The van der Waals surface area contributed by atoms with Crippen molar-refractivity contribution in [2.45, 2.75) is 39.3 Å². The number of hydrogen-bond acceptors (Lipinski definition) is 5. The van der Waals surface area contributed by atoms with Crippen molar-refractivity contribution in [3.8, 4) is 16.9 Å². The van der Waals surface area contributed by atoms with Crippen LogP contribution < -0.4 is 10.1 Å². The number of likely N-dealkylation sites (N-methyl/N-ethyl adjacent to an activating group) is 1. The number of amides is 2. The Morgan fingerprint density at radius 3 is 2.78 bits per heavy atom. The van der Waals surface area contributed by atoms with Gasteiger partial charge in [0.2, 0.25) is 0 Å². The summed E-state index contributed by atoms with van der Waals surface area (Å²) in [6, 6.07) is 6.15. The molecule has 0 atom stereocenters. The molecule has 0 radical (unpaired) electrons. The Morgan fingerprint density at radius 1 is 1.22 bits per heavy atom. The lowest BCUT2D eigenvalue weighted by atomic mass is 9.82. The van der Waals surface area contributed by atoms with Crippen LogP contribution in [0.1, 0.15) is 47.1 Å². The number of ether oxygens (including phenoxy) is 1. The third-order valence-corrected chi connectivity index (χ3v) is 7.36. The Hall–Kier alpha value is -3.85. The zero-order valence-electron chi connectivity index (χ0n) is 21.1. The number of aromatic nitrogens is 3. The van der Waals surface area contributed by atoms with Crippen LogP contribution >= 0.6 is 0 Å². The summed E-state index contributed by atoms with van der Waals surface area (Å²) in [5.41, 5.74) is 8.35. The van der Waals surface area contributed by atoms with Gasteiger partial charge >= 0.3 is 0 Å². The predicted octanol–water partition coefficient (Wildman–Crippen LogP) is 3.52. The molecule has 0 spiro atoms. The Morgan fingerprint density at radius 2 is 2.03 bits per heavy atom. The van der Waals surface area contributed by atoms with Gasteiger partial charge < -0.3 is 14.6 Å². The fourth-order valence-corrected chi connectivity index (χ4v) is 5.80. The third-order valence-electron chi connectivity index (χ3n) is 7.36. The molecule has 2 aromatic heterocycles. The Kier molecular flexibility index (Phi) is 5.08. The van der Waals surface area contributed by atoms with Crippen molar-refractivity contribution >= 4 is 33.6 Å². The Balaban J connectivity index is 1.63. The lowest BCUT2D eigenvalue weighted by Gasteiger charge is -2.22. The van der Waals surface area contributed by atoms with Gasteiger partial charge in [0.25, 0.3) is 11.8 Å². The van der Waals surface area contributed by atoms with E-state index in [-0.39, 0.29) is 24.5 Å². The molecular formula is C27H29N5O4. The van der Waals surface area contributed by atoms with Gasteiger partial charge in [0.1, 0.15) is 5.75 Å². The average Bonchev–Trinajstić information content (AvgIpc) is 3.53. The second-order valence-electron chi connectivity index (χ2n) is 9.78. The van der Waals surface area contributed by atoms with Crippen LogP contribution in [0.2, 0.25) is 0 Å². The maximum Gasteiger partial charge on any atom is 0.283 e. The highest BCUT2D eigenvalue weighted by atomic mass is 16.7. The molecule has 1 N–H and O–H groups in total. The molecule has 6 rings (SSSR count). The maximum atomic E-state index is 13.2. The number of nitrogens with one attached hydrogen (secondary N) is 1. The van der Waals surface area contributed by atoms with E-state index in [2.05, 4.69) is 34.9 Å². The van der Waals surface area contributed by atoms with Gasteiger partial charge in [0.05, 0.1) is 23.9 Å². The molecule has 9 heteroatoms. The van der Waals surface area contributed by atoms with Crippen molar-refractivity contribution in [2.75, 3.05) is 20.8 Å². The van der Waals surface area contributed by atoms with Gasteiger partial charge in [-0.25, -0.2) is 5.06 Å². The smallest absolute Gasteiger partial charge is 0.283 e. The molecule has 1 aliphatic carbocycles. The number of aryl methyl sites for hydroxylation is 3. The minimum atomic E-state index is -0.278.